The first-order valence-corrected chi connectivity index (χ1v) is 13.9. The number of benzene rings is 3. The molecular weight excluding hydrogens is 534 g/mol. The Labute approximate surface area is 243 Å². The van der Waals surface area contributed by atoms with Crippen molar-refractivity contribution in [3.8, 4) is 11.1 Å². The summed E-state index contributed by atoms with van der Waals surface area (Å²) in [5, 5.41) is 16.6. The Kier molecular flexibility index (Phi) is 10.2. The van der Waals surface area contributed by atoms with E-state index in [9.17, 15) is 19.7 Å². The van der Waals surface area contributed by atoms with E-state index in [0.29, 0.717) is 37.2 Å². The topological polar surface area (TPSA) is 143 Å². The lowest BCUT2D eigenvalue weighted by Crippen LogP contribution is -2.29. The summed E-state index contributed by atoms with van der Waals surface area (Å²) in [6.45, 7) is 4.34. The van der Waals surface area contributed by atoms with Crippen LogP contribution in [-0.2, 0) is 0 Å². The van der Waals surface area contributed by atoms with Crippen molar-refractivity contribution >= 4 is 28.7 Å². The van der Waals surface area contributed by atoms with Crippen molar-refractivity contribution in [2.24, 2.45) is 0 Å². The number of rotatable bonds is 11. The molecule has 1 atom stereocenters. The first-order valence-electron chi connectivity index (χ1n) is 13.9. The number of aromatic amines is 1. The molecule has 0 aliphatic rings. The van der Waals surface area contributed by atoms with Crippen molar-refractivity contribution in [3.05, 3.63) is 118 Å². The largest absolute Gasteiger partial charge is 0.433 e. The highest BCUT2D eigenvalue weighted by Crippen LogP contribution is 2.23. The van der Waals surface area contributed by atoms with Gasteiger partial charge in [0.05, 0.1) is 23.1 Å². The number of hydrogen-bond donors (Lipinski definition) is 3. The van der Waals surface area contributed by atoms with E-state index in [-0.39, 0.29) is 17.7 Å². The second kappa shape index (κ2) is 14.4. The Bertz CT molecular complexity index is 1590. The molecule has 2 aromatic heterocycles. The van der Waals surface area contributed by atoms with Gasteiger partial charge in [0.1, 0.15) is 10.7 Å². The van der Waals surface area contributed by atoms with Crippen molar-refractivity contribution < 1.29 is 18.9 Å². The third-order valence-electron chi connectivity index (χ3n) is 6.50. The van der Waals surface area contributed by atoms with Crippen LogP contribution >= 0.6 is 0 Å². The lowest BCUT2D eigenvalue weighted by atomic mass is 10.0. The Hall–Kier alpha value is -5.25. The van der Waals surface area contributed by atoms with E-state index in [4.69, 9.17) is 4.42 Å². The smallest absolute Gasteiger partial charge is 0.395 e. The minimum Gasteiger partial charge on any atom is -0.395 e. The number of fused-ring (bicyclic) bond motifs is 1. The number of nitrogens with one attached hydrogen (secondary N) is 3. The molecule has 216 valence electrons. The van der Waals surface area contributed by atoms with Gasteiger partial charge in [-0.2, -0.15) is 0 Å². The highest BCUT2D eigenvalue weighted by molar-refractivity contribution is 5.95. The Balaban J connectivity index is 0.00000198. The lowest BCUT2D eigenvalue weighted by Gasteiger charge is -2.17. The number of unbranched alkanes of at least 4 members (excludes halogenated alkanes) is 1. The van der Waals surface area contributed by atoms with Crippen LogP contribution in [0.5, 0.6) is 0 Å². The third kappa shape index (κ3) is 7.48. The third-order valence-corrected chi connectivity index (χ3v) is 6.50. The maximum atomic E-state index is 13.2. The molecule has 3 aromatic carbocycles. The molecule has 0 aliphatic carbocycles. The van der Waals surface area contributed by atoms with Crippen LogP contribution < -0.4 is 10.6 Å². The minimum atomic E-state index is -0.694. The molecule has 1 unspecified atom stereocenters. The molecule has 2 amide bonds. The normalized spacial score (nSPS) is 11.3. The predicted molar refractivity (Wildman–Crippen MR) is 161 cm³/mol. The second-order valence-corrected chi connectivity index (χ2v) is 9.26. The van der Waals surface area contributed by atoms with Crippen molar-refractivity contribution in [2.75, 3.05) is 6.54 Å². The van der Waals surface area contributed by atoms with Gasteiger partial charge in [-0.15, -0.1) is 0 Å². The maximum absolute atomic E-state index is 13.2. The highest BCUT2D eigenvalue weighted by atomic mass is 16.6. The number of furan rings is 1. The van der Waals surface area contributed by atoms with Gasteiger partial charge in [-0.25, -0.2) is 4.98 Å². The summed E-state index contributed by atoms with van der Waals surface area (Å²) in [5.41, 5.74) is 4.33. The quantitative estimate of drug-likeness (QED) is 0.0907. The molecule has 42 heavy (non-hydrogen) atoms. The van der Waals surface area contributed by atoms with Gasteiger partial charge in [0.2, 0.25) is 0 Å². The van der Waals surface area contributed by atoms with E-state index in [1.165, 1.54) is 6.07 Å². The number of amides is 2. The predicted octanol–water partition coefficient (Wildman–Crippen LogP) is 6.83. The van der Waals surface area contributed by atoms with Crippen LogP contribution in [-0.4, -0.2) is 33.3 Å². The molecule has 0 fully saturated rings. The van der Waals surface area contributed by atoms with Crippen LogP contribution in [0.4, 0.5) is 5.88 Å². The van der Waals surface area contributed by atoms with Gasteiger partial charge in [0, 0.05) is 12.1 Å². The van der Waals surface area contributed by atoms with E-state index in [0.717, 1.165) is 28.2 Å². The van der Waals surface area contributed by atoms with Crippen molar-refractivity contribution in [1.82, 2.24) is 20.6 Å². The zero-order valence-electron chi connectivity index (χ0n) is 23.5. The average molecular weight is 568 g/mol. The van der Waals surface area contributed by atoms with E-state index < -0.39 is 16.7 Å². The summed E-state index contributed by atoms with van der Waals surface area (Å²) in [6.07, 6.45) is 1.87. The van der Waals surface area contributed by atoms with Crippen LogP contribution in [0.3, 0.4) is 0 Å². The van der Waals surface area contributed by atoms with Crippen molar-refractivity contribution in [2.45, 2.75) is 39.2 Å². The minimum absolute atomic E-state index is 0.114. The summed E-state index contributed by atoms with van der Waals surface area (Å²) < 4.78 is 4.94. The number of carbonyl (C=O) groups is 2. The molecule has 10 nitrogen and oxygen atoms in total. The SMILES string of the molecule is CC.O=C(NC(CCCCNC(=O)c1ccc([N+](=O)[O-])o1)c1nc2ccccc2[nH]1)c1ccc(-c2ccccc2)cc1. The van der Waals surface area contributed by atoms with Crippen LogP contribution in [0.1, 0.15) is 65.9 Å². The van der Waals surface area contributed by atoms with Crippen LogP contribution in [0.15, 0.2) is 95.4 Å². The average Bonchev–Trinajstić information content (AvgIpc) is 3.70. The summed E-state index contributed by atoms with van der Waals surface area (Å²) >= 11 is 0. The van der Waals surface area contributed by atoms with Gasteiger partial charge in [0.15, 0.2) is 5.76 Å². The van der Waals surface area contributed by atoms with E-state index >= 15 is 0 Å². The number of imidazole rings is 1. The van der Waals surface area contributed by atoms with Gasteiger partial charge < -0.3 is 20.0 Å². The van der Waals surface area contributed by atoms with E-state index in [1.54, 1.807) is 0 Å². The monoisotopic (exact) mass is 567 g/mol. The summed E-state index contributed by atoms with van der Waals surface area (Å²) in [6, 6.07) is 27.1. The molecule has 5 aromatic rings. The fraction of sp³-hybridized carbons (Fsp3) is 0.219. The van der Waals surface area contributed by atoms with E-state index in [1.807, 2.05) is 92.7 Å². The molecule has 2 heterocycles. The molecular formula is C32H33N5O5. The van der Waals surface area contributed by atoms with Gasteiger partial charge >= 0.3 is 5.88 Å². The van der Waals surface area contributed by atoms with Gasteiger partial charge in [0.25, 0.3) is 11.8 Å². The fourth-order valence-electron chi connectivity index (χ4n) is 4.41. The standard InChI is InChI=1S/C30H27N5O5.C2H6/c36-29(22-15-13-21(14-16-22)20-8-2-1-3-9-20)34-25(28-32-23-10-4-5-11-24(23)33-28)12-6-7-19-31-30(37)26-17-18-27(40-26)35(38)39;1-2/h1-5,8-11,13-18,25H,6-7,12,19H2,(H,31,37)(H,32,33)(H,34,36);1-2H3. The van der Waals surface area contributed by atoms with Gasteiger partial charge in [-0.3, -0.25) is 19.7 Å². The van der Waals surface area contributed by atoms with Crippen LogP contribution in [0.2, 0.25) is 0 Å². The Morgan fingerprint density at radius 3 is 2.26 bits per heavy atom. The van der Waals surface area contributed by atoms with Crippen molar-refractivity contribution in [3.63, 3.8) is 0 Å². The van der Waals surface area contributed by atoms with E-state index in [2.05, 4.69) is 20.6 Å². The number of H-pyrrole nitrogens is 1. The van der Waals surface area contributed by atoms with Gasteiger partial charge in [-0.05, 0) is 60.7 Å². The molecule has 0 spiro atoms. The number of carbonyl (C=O) groups excluding carboxylic acids is 2. The lowest BCUT2D eigenvalue weighted by molar-refractivity contribution is -0.402. The molecule has 0 radical (unpaired) electrons. The second-order valence-electron chi connectivity index (χ2n) is 9.26. The molecule has 0 saturated heterocycles. The Morgan fingerprint density at radius 1 is 0.881 bits per heavy atom. The Morgan fingerprint density at radius 2 is 1.57 bits per heavy atom. The number of hydrogen-bond acceptors (Lipinski definition) is 6. The molecule has 0 saturated carbocycles. The number of nitro groups is 1. The first kappa shape index (κ1) is 29.7. The highest BCUT2D eigenvalue weighted by Gasteiger charge is 2.20. The molecule has 10 heteroatoms. The first-order chi connectivity index (χ1) is 20.5. The van der Waals surface area contributed by atoms with Crippen LogP contribution in [0, 0.1) is 10.1 Å². The zero-order valence-corrected chi connectivity index (χ0v) is 23.5. The molecule has 0 aliphatic heterocycles. The number of nitrogens with zero attached hydrogens (tertiary/aromatic N) is 2. The summed E-state index contributed by atoms with van der Waals surface area (Å²) in [5.74, 6) is -0.670. The zero-order chi connectivity index (χ0) is 29.9. The number of aromatic nitrogens is 2. The van der Waals surface area contributed by atoms with Gasteiger partial charge in [-0.1, -0.05) is 68.4 Å². The maximum Gasteiger partial charge on any atom is 0.433 e. The van der Waals surface area contributed by atoms with Crippen LogP contribution in [0.25, 0.3) is 22.2 Å². The summed E-state index contributed by atoms with van der Waals surface area (Å²) in [4.78, 5) is 43.5. The molecule has 5 rings (SSSR count). The molecule has 0 bridgehead atoms. The van der Waals surface area contributed by atoms with Crippen molar-refractivity contribution in [1.29, 1.82) is 0 Å². The molecule has 3 N–H and O–H groups in total. The summed E-state index contributed by atoms with van der Waals surface area (Å²) in [7, 11) is 0. The fourth-order valence-corrected chi connectivity index (χ4v) is 4.41. The number of para-hydroxylation sites is 2.